The van der Waals surface area contributed by atoms with Gasteiger partial charge in [0.1, 0.15) is 22.9 Å². The molecule has 9 heteroatoms. The number of aromatic nitrogens is 3. The van der Waals surface area contributed by atoms with E-state index in [4.69, 9.17) is 9.15 Å². The summed E-state index contributed by atoms with van der Waals surface area (Å²) >= 11 is 0. The van der Waals surface area contributed by atoms with Gasteiger partial charge in [-0.25, -0.2) is 9.67 Å². The van der Waals surface area contributed by atoms with Crippen molar-refractivity contribution in [2.45, 2.75) is 32.7 Å². The van der Waals surface area contributed by atoms with Gasteiger partial charge in [-0.1, -0.05) is 30.7 Å². The van der Waals surface area contributed by atoms with E-state index in [1.807, 2.05) is 48.5 Å². The predicted octanol–water partition coefficient (Wildman–Crippen LogP) is 4.51. The molecule has 2 aromatic carbocycles. The number of ether oxygens (including phenoxy) is 1. The molecular formula is C27H27N5O4. The van der Waals surface area contributed by atoms with Crippen molar-refractivity contribution in [2.24, 2.45) is 5.92 Å². The van der Waals surface area contributed by atoms with E-state index in [0.29, 0.717) is 39.9 Å². The number of amides is 2. The molecule has 2 aromatic heterocycles. The van der Waals surface area contributed by atoms with Crippen LogP contribution in [-0.4, -0.2) is 33.7 Å². The van der Waals surface area contributed by atoms with Gasteiger partial charge < -0.3 is 19.8 Å². The van der Waals surface area contributed by atoms with E-state index in [2.05, 4.69) is 20.7 Å². The van der Waals surface area contributed by atoms with Gasteiger partial charge in [-0.15, -0.1) is 0 Å². The number of hydrogen-bond acceptors (Lipinski definition) is 6. The van der Waals surface area contributed by atoms with Gasteiger partial charge in [0.05, 0.1) is 36.7 Å². The van der Waals surface area contributed by atoms with Crippen molar-refractivity contribution in [1.29, 1.82) is 0 Å². The van der Waals surface area contributed by atoms with Crippen molar-refractivity contribution in [3.8, 4) is 22.9 Å². The molecule has 0 spiro atoms. The van der Waals surface area contributed by atoms with E-state index in [0.717, 1.165) is 24.9 Å². The summed E-state index contributed by atoms with van der Waals surface area (Å²) in [5, 5.41) is 10.2. The molecule has 2 heterocycles. The van der Waals surface area contributed by atoms with Crippen LogP contribution in [0, 0.1) is 12.8 Å². The Morgan fingerprint density at radius 2 is 1.92 bits per heavy atom. The Bertz CT molecular complexity index is 1400. The SMILES string of the molecule is COc1ccccc1-n1cc(C(=O)NCc2nc(-c3ccccc3NC(=O)C3CCC3)oc2C)cn1. The maximum Gasteiger partial charge on any atom is 0.254 e. The van der Waals surface area contributed by atoms with Gasteiger partial charge in [0, 0.05) is 12.1 Å². The number of carbonyl (C=O) groups excluding carboxylic acids is 2. The molecule has 1 fully saturated rings. The second-order valence-corrected chi connectivity index (χ2v) is 8.71. The Morgan fingerprint density at radius 3 is 2.69 bits per heavy atom. The summed E-state index contributed by atoms with van der Waals surface area (Å²) in [6.07, 6.45) is 6.09. The normalized spacial score (nSPS) is 13.2. The van der Waals surface area contributed by atoms with Crippen molar-refractivity contribution >= 4 is 17.5 Å². The predicted molar refractivity (Wildman–Crippen MR) is 134 cm³/mol. The van der Waals surface area contributed by atoms with Crippen LogP contribution in [0.5, 0.6) is 5.75 Å². The van der Waals surface area contributed by atoms with Crippen molar-refractivity contribution in [2.75, 3.05) is 12.4 Å². The van der Waals surface area contributed by atoms with Crippen LogP contribution in [0.25, 0.3) is 17.1 Å². The Kier molecular flexibility index (Phi) is 6.53. The van der Waals surface area contributed by atoms with E-state index >= 15 is 0 Å². The molecule has 0 radical (unpaired) electrons. The summed E-state index contributed by atoms with van der Waals surface area (Å²) < 4.78 is 12.9. The number of methoxy groups -OCH3 is 1. The molecule has 36 heavy (non-hydrogen) atoms. The minimum atomic E-state index is -0.284. The largest absolute Gasteiger partial charge is 0.494 e. The number of benzene rings is 2. The van der Waals surface area contributed by atoms with Crippen LogP contribution in [-0.2, 0) is 11.3 Å². The summed E-state index contributed by atoms with van der Waals surface area (Å²) in [5.74, 6) is 1.46. The van der Waals surface area contributed by atoms with Gasteiger partial charge in [0.15, 0.2) is 0 Å². The van der Waals surface area contributed by atoms with Gasteiger partial charge in [0.25, 0.3) is 5.91 Å². The molecule has 1 aliphatic carbocycles. The molecule has 4 aromatic rings. The average Bonchev–Trinajstić information content (AvgIpc) is 3.49. The number of nitrogens with one attached hydrogen (secondary N) is 2. The van der Waals surface area contributed by atoms with E-state index in [1.165, 1.54) is 6.20 Å². The van der Waals surface area contributed by atoms with Crippen LogP contribution < -0.4 is 15.4 Å². The second-order valence-electron chi connectivity index (χ2n) is 8.71. The first-order valence-corrected chi connectivity index (χ1v) is 11.9. The molecule has 184 valence electrons. The van der Waals surface area contributed by atoms with Crippen LogP contribution in [0.15, 0.2) is 65.3 Å². The highest BCUT2D eigenvalue weighted by Crippen LogP contribution is 2.32. The standard InChI is InChI=1S/C27H27N5O4/c1-17-22(15-28-25(33)19-14-29-32(16-19)23-12-5-6-13-24(23)35-2)31-27(36-17)20-10-3-4-11-21(20)30-26(34)18-8-7-9-18/h3-6,10-14,16,18H,7-9,15H2,1-2H3,(H,28,33)(H,30,34). The highest BCUT2D eigenvalue weighted by atomic mass is 16.5. The van der Waals surface area contributed by atoms with E-state index in [9.17, 15) is 9.59 Å². The monoisotopic (exact) mass is 485 g/mol. The maximum absolute atomic E-state index is 12.8. The Morgan fingerprint density at radius 1 is 1.14 bits per heavy atom. The lowest BCUT2D eigenvalue weighted by atomic mass is 9.85. The van der Waals surface area contributed by atoms with Crippen LogP contribution >= 0.6 is 0 Å². The Hall–Kier alpha value is -4.40. The zero-order chi connectivity index (χ0) is 25.1. The molecule has 0 atom stereocenters. The molecule has 0 aliphatic heterocycles. The molecular weight excluding hydrogens is 458 g/mol. The van der Waals surface area contributed by atoms with Crippen molar-refractivity contribution in [1.82, 2.24) is 20.1 Å². The highest BCUT2D eigenvalue weighted by molar-refractivity contribution is 5.96. The third-order valence-electron chi connectivity index (χ3n) is 6.38. The zero-order valence-electron chi connectivity index (χ0n) is 20.2. The van der Waals surface area contributed by atoms with Crippen molar-refractivity contribution < 1.29 is 18.7 Å². The van der Waals surface area contributed by atoms with Crippen molar-refractivity contribution in [3.05, 3.63) is 77.9 Å². The maximum atomic E-state index is 12.8. The number of para-hydroxylation sites is 3. The molecule has 0 unspecified atom stereocenters. The molecule has 9 nitrogen and oxygen atoms in total. The van der Waals surface area contributed by atoms with E-state index in [-0.39, 0.29) is 24.3 Å². The summed E-state index contributed by atoms with van der Waals surface area (Å²) in [4.78, 5) is 29.8. The number of nitrogens with zero attached hydrogens (tertiary/aromatic N) is 3. The molecule has 5 rings (SSSR count). The van der Waals surface area contributed by atoms with Gasteiger partial charge in [-0.3, -0.25) is 9.59 Å². The van der Waals surface area contributed by atoms with Crippen LogP contribution in [0.4, 0.5) is 5.69 Å². The first kappa shape index (κ1) is 23.3. The minimum absolute atomic E-state index is 0.0260. The summed E-state index contributed by atoms with van der Waals surface area (Å²) in [5.41, 5.74) is 3.11. The third kappa shape index (κ3) is 4.72. The Labute approximate surface area is 208 Å². The lowest BCUT2D eigenvalue weighted by molar-refractivity contribution is -0.122. The van der Waals surface area contributed by atoms with Gasteiger partial charge in [0.2, 0.25) is 11.8 Å². The second kappa shape index (κ2) is 10.1. The quantitative estimate of drug-likeness (QED) is 0.380. The van der Waals surface area contributed by atoms with Crippen LogP contribution in [0.1, 0.15) is 41.1 Å². The minimum Gasteiger partial charge on any atom is -0.494 e. The smallest absolute Gasteiger partial charge is 0.254 e. The lowest BCUT2D eigenvalue weighted by Gasteiger charge is -2.24. The first-order chi connectivity index (χ1) is 17.5. The first-order valence-electron chi connectivity index (χ1n) is 11.9. The fourth-order valence-corrected chi connectivity index (χ4v) is 4.05. The van der Waals surface area contributed by atoms with E-state index < -0.39 is 0 Å². The Balaban J connectivity index is 1.28. The number of rotatable bonds is 8. The number of oxazole rings is 1. The van der Waals surface area contributed by atoms with Gasteiger partial charge in [-0.2, -0.15) is 5.10 Å². The number of carbonyl (C=O) groups is 2. The number of hydrogen-bond donors (Lipinski definition) is 2. The molecule has 1 saturated carbocycles. The topological polar surface area (TPSA) is 111 Å². The fraction of sp³-hybridized carbons (Fsp3) is 0.259. The highest BCUT2D eigenvalue weighted by Gasteiger charge is 2.26. The molecule has 0 bridgehead atoms. The fourth-order valence-electron chi connectivity index (χ4n) is 4.05. The molecule has 2 amide bonds. The number of anilines is 1. The van der Waals surface area contributed by atoms with Crippen LogP contribution in [0.2, 0.25) is 0 Å². The van der Waals surface area contributed by atoms with Gasteiger partial charge >= 0.3 is 0 Å². The lowest BCUT2D eigenvalue weighted by Crippen LogP contribution is -2.28. The third-order valence-corrected chi connectivity index (χ3v) is 6.38. The molecule has 2 N–H and O–H groups in total. The van der Waals surface area contributed by atoms with Gasteiger partial charge in [-0.05, 0) is 44.0 Å². The zero-order valence-corrected chi connectivity index (χ0v) is 20.2. The van der Waals surface area contributed by atoms with E-state index in [1.54, 1.807) is 24.9 Å². The van der Waals surface area contributed by atoms with Crippen LogP contribution in [0.3, 0.4) is 0 Å². The number of aryl methyl sites for hydroxylation is 1. The van der Waals surface area contributed by atoms with Crippen molar-refractivity contribution in [3.63, 3.8) is 0 Å². The molecule has 0 saturated heterocycles. The summed E-state index contributed by atoms with van der Waals surface area (Å²) in [7, 11) is 1.59. The summed E-state index contributed by atoms with van der Waals surface area (Å²) in [6.45, 7) is 1.98. The summed E-state index contributed by atoms with van der Waals surface area (Å²) in [6, 6.07) is 14.9. The molecule has 1 aliphatic rings. The average molecular weight is 486 g/mol.